The van der Waals surface area contributed by atoms with E-state index in [4.69, 9.17) is 0 Å². The van der Waals surface area contributed by atoms with Crippen molar-refractivity contribution >= 4 is 11.4 Å². The first-order valence-corrected chi connectivity index (χ1v) is 6.98. The molecule has 0 saturated carbocycles. The van der Waals surface area contributed by atoms with Gasteiger partial charge in [-0.3, -0.25) is 10.1 Å². The molecule has 1 fully saturated rings. The van der Waals surface area contributed by atoms with E-state index in [2.05, 4.69) is 10.2 Å². The highest BCUT2D eigenvalue weighted by atomic mass is 19.1. The smallest absolute Gasteiger partial charge is 0.295 e. The molecule has 2 rings (SSSR count). The van der Waals surface area contributed by atoms with Crippen molar-refractivity contribution in [2.45, 2.75) is 26.2 Å². The van der Waals surface area contributed by atoms with Gasteiger partial charge in [0, 0.05) is 6.54 Å². The quantitative estimate of drug-likeness (QED) is 0.495. The second-order valence-electron chi connectivity index (χ2n) is 5.20. The van der Waals surface area contributed by atoms with Gasteiger partial charge < -0.3 is 10.2 Å². The van der Waals surface area contributed by atoms with E-state index in [1.165, 1.54) is 18.9 Å². The maximum absolute atomic E-state index is 13.4. The van der Waals surface area contributed by atoms with Gasteiger partial charge in [-0.1, -0.05) is 0 Å². The van der Waals surface area contributed by atoms with Crippen LogP contribution in [0.15, 0.2) is 12.1 Å². The van der Waals surface area contributed by atoms with E-state index in [1.807, 2.05) is 0 Å². The second kappa shape index (κ2) is 6.65. The summed E-state index contributed by atoms with van der Waals surface area (Å²) < 4.78 is 13.4. The number of halogens is 1. The van der Waals surface area contributed by atoms with Crippen molar-refractivity contribution in [3.63, 3.8) is 0 Å². The highest BCUT2D eigenvalue weighted by Gasteiger charge is 2.17. The highest BCUT2D eigenvalue weighted by molar-refractivity contribution is 5.63. The summed E-state index contributed by atoms with van der Waals surface area (Å²) in [4.78, 5) is 12.8. The molecule has 0 unspecified atom stereocenters. The molecule has 0 amide bonds. The number of nitrogens with zero attached hydrogens (tertiary/aromatic N) is 2. The molecule has 1 aliphatic heterocycles. The lowest BCUT2D eigenvalue weighted by atomic mass is 10.1. The largest absolute Gasteiger partial charge is 0.379 e. The summed E-state index contributed by atoms with van der Waals surface area (Å²) >= 11 is 0. The Balaban J connectivity index is 1.90. The molecule has 110 valence electrons. The predicted molar refractivity (Wildman–Crippen MR) is 76.6 cm³/mol. The zero-order valence-electron chi connectivity index (χ0n) is 11.7. The molecule has 1 aromatic rings. The third kappa shape index (κ3) is 3.66. The van der Waals surface area contributed by atoms with Crippen molar-refractivity contribution in [1.29, 1.82) is 0 Å². The molecule has 0 aromatic heterocycles. The van der Waals surface area contributed by atoms with E-state index in [0.717, 1.165) is 32.1 Å². The molecule has 6 heteroatoms. The summed E-state index contributed by atoms with van der Waals surface area (Å²) in [5, 5.41) is 14.0. The molecule has 0 radical (unpaired) electrons. The van der Waals surface area contributed by atoms with Gasteiger partial charge in [0.25, 0.3) is 5.69 Å². The van der Waals surface area contributed by atoms with Crippen LogP contribution in [0.2, 0.25) is 0 Å². The van der Waals surface area contributed by atoms with Gasteiger partial charge in [-0.05, 0) is 57.5 Å². The van der Waals surface area contributed by atoms with Crippen molar-refractivity contribution in [2.24, 2.45) is 0 Å². The van der Waals surface area contributed by atoms with E-state index < -0.39 is 10.7 Å². The Hall–Kier alpha value is -1.69. The van der Waals surface area contributed by atoms with Crippen LogP contribution in [0.5, 0.6) is 0 Å². The summed E-state index contributed by atoms with van der Waals surface area (Å²) in [5.74, 6) is -0.542. The van der Waals surface area contributed by atoms with Crippen molar-refractivity contribution in [1.82, 2.24) is 4.90 Å². The Kier molecular flexibility index (Phi) is 4.89. The van der Waals surface area contributed by atoms with Crippen LogP contribution in [0.25, 0.3) is 0 Å². The third-order valence-electron chi connectivity index (χ3n) is 3.64. The summed E-state index contributed by atoms with van der Waals surface area (Å²) in [6.45, 7) is 5.56. The molecular weight excluding hydrogens is 261 g/mol. The van der Waals surface area contributed by atoms with Gasteiger partial charge in [0.2, 0.25) is 0 Å². The number of benzene rings is 1. The lowest BCUT2D eigenvalue weighted by molar-refractivity contribution is -0.384. The summed E-state index contributed by atoms with van der Waals surface area (Å²) in [7, 11) is 0. The van der Waals surface area contributed by atoms with Crippen LogP contribution in [-0.2, 0) is 0 Å². The topological polar surface area (TPSA) is 58.4 Å². The van der Waals surface area contributed by atoms with Crippen LogP contribution < -0.4 is 5.32 Å². The number of nitrogens with one attached hydrogen (secondary N) is 1. The fraction of sp³-hybridized carbons (Fsp3) is 0.571. The van der Waals surface area contributed by atoms with Gasteiger partial charge in [-0.15, -0.1) is 0 Å². The third-order valence-corrected chi connectivity index (χ3v) is 3.64. The van der Waals surface area contributed by atoms with E-state index >= 15 is 0 Å². The average molecular weight is 281 g/mol. The molecule has 1 heterocycles. The number of anilines is 1. The standard InChI is InChI=1S/C14H20FN3O2/c1-11-9-13(14(18(19)20)10-12(11)15)16-5-4-8-17-6-2-3-7-17/h9-10,16H,2-8H2,1H3. The van der Waals surface area contributed by atoms with Gasteiger partial charge in [-0.25, -0.2) is 4.39 Å². The van der Waals surface area contributed by atoms with E-state index in [0.29, 0.717) is 17.8 Å². The van der Waals surface area contributed by atoms with Crippen LogP contribution in [0, 0.1) is 22.9 Å². The maximum Gasteiger partial charge on any atom is 0.295 e. The van der Waals surface area contributed by atoms with Crippen molar-refractivity contribution in [2.75, 3.05) is 31.5 Å². The van der Waals surface area contributed by atoms with Crippen molar-refractivity contribution in [3.05, 3.63) is 33.6 Å². The minimum atomic E-state index is -0.550. The highest BCUT2D eigenvalue weighted by Crippen LogP contribution is 2.27. The van der Waals surface area contributed by atoms with E-state index in [9.17, 15) is 14.5 Å². The monoisotopic (exact) mass is 281 g/mol. The lowest BCUT2D eigenvalue weighted by Gasteiger charge is -2.15. The van der Waals surface area contributed by atoms with Gasteiger partial charge in [0.15, 0.2) is 0 Å². The van der Waals surface area contributed by atoms with Crippen molar-refractivity contribution < 1.29 is 9.31 Å². The number of rotatable bonds is 6. The van der Waals surface area contributed by atoms with Crippen LogP contribution in [-0.4, -0.2) is 36.0 Å². The van der Waals surface area contributed by atoms with Crippen molar-refractivity contribution in [3.8, 4) is 0 Å². The molecule has 0 atom stereocenters. The zero-order valence-corrected chi connectivity index (χ0v) is 11.7. The summed E-state index contributed by atoms with van der Waals surface area (Å²) in [5.41, 5.74) is 0.613. The van der Waals surface area contributed by atoms with E-state index in [-0.39, 0.29) is 5.69 Å². The molecule has 0 aliphatic carbocycles. The van der Waals surface area contributed by atoms with Gasteiger partial charge in [0.1, 0.15) is 11.5 Å². The Morgan fingerprint density at radius 1 is 1.40 bits per heavy atom. The molecule has 20 heavy (non-hydrogen) atoms. The summed E-state index contributed by atoms with van der Waals surface area (Å²) in [6, 6.07) is 2.49. The average Bonchev–Trinajstić information content (AvgIpc) is 2.91. The first-order chi connectivity index (χ1) is 9.58. The minimum Gasteiger partial charge on any atom is -0.379 e. The zero-order chi connectivity index (χ0) is 14.5. The maximum atomic E-state index is 13.4. The van der Waals surface area contributed by atoms with E-state index in [1.54, 1.807) is 6.92 Å². The molecular formula is C14H20FN3O2. The van der Waals surface area contributed by atoms with Gasteiger partial charge in [0.05, 0.1) is 11.0 Å². The predicted octanol–water partition coefficient (Wildman–Crippen LogP) is 2.94. The molecule has 0 spiro atoms. The number of nitro groups is 1. The fourth-order valence-corrected chi connectivity index (χ4v) is 2.50. The Morgan fingerprint density at radius 2 is 2.10 bits per heavy atom. The number of hydrogen-bond acceptors (Lipinski definition) is 4. The Bertz CT molecular complexity index is 488. The second-order valence-corrected chi connectivity index (χ2v) is 5.20. The minimum absolute atomic E-state index is 0.200. The normalized spacial score (nSPS) is 15.5. The first kappa shape index (κ1) is 14.7. The fourth-order valence-electron chi connectivity index (χ4n) is 2.50. The van der Waals surface area contributed by atoms with Crippen LogP contribution in [0.3, 0.4) is 0 Å². The van der Waals surface area contributed by atoms with Crippen LogP contribution in [0.4, 0.5) is 15.8 Å². The molecule has 1 saturated heterocycles. The van der Waals surface area contributed by atoms with Gasteiger partial charge >= 0.3 is 0 Å². The van der Waals surface area contributed by atoms with Gasteiger partial charge in [-0.2, -0.15) is 0 Å². The Morgan fingerprint density at radius 3 is 2.75 bits per heavy atom. The molecule has 1 aliphatic rings. The first-order valence-electron chi connectivity index (χ1n) is 6.98. The number of aryl methyl sites for hydroxylation is 1. The Labute approximate surface area is 117 Å². The number of hydrogen-bond donors (Lipinski definition) is 1. The van der Waals surface area contributed by atoms with Crippen LogP contribution in [0.1, 0.15) is 24.8 Å². The number of likely N-dealkylation sites (tertiary alicyclic amines) is 1. The molecule has 5 nitrogen and oxygen atoms in total. The van der Waals surface area contributed by atoms with Crippen LogP contribution >= 0.6 is 0 Å². The lowest BCUT2D eigenvalue weighted by Crippen LogP contribution is -2.22. The molecule has 1 N–H and O–H groups in total. The summed E-state index contributed by atoms with van der Waals surface area (Å²) in [6.07, 6.45) is 3.44. The molecule has 0 bridgehead atoms. The SMILES string of the molecule is Cc1cc(NCCCN2CCCC2)c([N+](=O)[O-])cc1F. The molecule has 1 aromatic carbocycles. The number of nitro benzene ring substituents is 1.